The highest BCUT2D eigenvalue weighted by molar-refractivity contribution is 6.59. The third-order valence-electron chi connectivity index (χ3n) is 1.50. The molecule has 0 aliphatic heterocycles. The molecule has 0 amide bonds. The van der Waals surface area contributed by atoms with Gasteiger partial charge in [-0.05, 0) is 0 Å². The first-order valence-corrected chi connectivity index (χ1v) is 3.20. The molecule has 0 bridgehead atoms. The summed E-state index contributed by atoms with van der Waals surface area (Å²) < 4.78 is 25.3. The average Bonchev–Trinajstić information content (AvgIpc) is 2.30. The number of alkyl halides is 2. The number of rotatable bonds is 2. The van der Waals surface area contributed by atoms with Gasteiger partial charge < -0.3 is 10.0 Å². The molecule has 1 aromatic heterocycles. The molecule has 0 unspecified atom stereocenters. The Labute approximate surface area is 67.6 Å². The highest BCUT2D eigenvalue weighted by Gasteiger charge is 2.25. The molecule has 0 aliphatic carbocycles. The van der Waals surface area contributed by atoms with Crippen LogP contribution in [-0.2, 0) is 7.05 Å². The highest BCUT2D eigenvalue weighted by atomic mass is 19.3. The molecule has 0 spiro atoms. The molecule has 12 heavy (non-hydrogen) atoms. The molecule has 0 fully saturated rings. The molecule has 0 atom stereocenters. The molecule has 4 nitrogen and oxygen atoms in total. The summed E-state index contributed by atoms with van der Waals surface area (Å²) in [6.45, 7) is 0. The molecular weight excluding hydrogens is 169 g/mol. The van der Waals surface area contributed by atoms with E-state index in [4.69, 9.17) is 10.0 Å². The largest absolute Gasteiger partial charge is 0.492 e. The summed E-state index contributed by atoms with van der Waals surface area (Å²) >= 11 is 0. The Morgan fingerprint density at radius 2 is 2.17 bits per heavy atom. The molecule has 66 valence electrons. The lowest BCUT2D eigenvalue weighted by atomic mass is 9.80. The van der Waals surface area contributed by atoms with Crippen LogP contribution in [0.15, 0.2) is 6.20 Å². The molecule has 0 radical (unpaired) electrons. The van der Waals surface area contributed by atoms with Gasteiger partial charge in [-0.1, -0.05) is 0 Å². The first-order valence-electron chi connectivity index (χ1n) is 3.20. The van der Waals surface area contributed by atoms with Crippen LogP contribution in [-0.4, -0.2) is 26.9 Å². The zero-order chi connectivity index (χ0) is 9.30. The van der Waals surface area contributed by atoms with Crippen LogP contribution < -0.4 is 5.46 Å². The van der Waals surface area contributed by atoms with Crippen LogP contribution in [0.2, 0.25) is 0 Å². The van der Waals surface area contributed by atoms with Crippen molar-refractivity contribution >= 4 is 12.6 Å². The van der Waals surface area contributed by atoms with Gasteiger partial charge in [-0.2, -0.15) is 5.10 Å². The lowest BCUT2D eigenvalue weighted by Gasteiger charge is -2.02. The van der Waals surface area contributed by atoms with Crippen molar-refractivity contribution in [3.05, 3.63) is 11.9 Å². The molecule has 2 N–H and O–H groups in total. The van der Waals surface area contributed by atoms with E-state index in [-0.39, 0.29) is 5.46 Å². The summed E-state index contributed by atoms with van der Waals surface area (Å²) in [5, 5.41) is 20.7. The molecule has 0 aliphatic rings. The molecule has 7 heteroatoms. The van der Waals surface area contributed by atoms with Gasteiger partial charge in [0.25, 0.3) is 6.43 Å². The Balaban J connectivity index is 3.12. The molecule has 1 aromatic rings. The van der Waals surface area contributed by atoms with E-state index in [2.05, 4.69) is 5.10 Å². The fraction of sp³-hybridized carbons (Fsp3) is 0.400. The van der Waals surface area contributed by atoms with E-state index in [0.717, 1.165) is 10.9 Å². The summed E-state index contributed by atoms with van der Waals surface area (Å²) in [6.07, 6.45) is -1.75. The second-order valence-corrected chi connectivity index (χ2v) is 2.28. The fourth-order valence-electron chi connectivity index (χ4n) is 0.930. The smallest absolute Gasteiger partial charge is 0.423 e. The zero-order valence-corrected chi connectivity index (χ0v) is 6.28. The van der Waals surface area contributed by atoms with Gasteiger partial charge in [0.15, 0.2) is 0 Å². The Morgan fingerprint density at radius 1 is 1.58 bits per heavy atom. The Morgan fingerprint density at radius 3 is 2.50 bits per heavy atom. The maximum Gasteiger partial charge on any atom is 0.492 e. The highest BCUT2D eigenvalue weighted by Crippen LogP contribution is 2.15. The van der Waals surface area contributed by atoms with Gasteiger partial charge in [0.1, 0.15) is 5.69 Å². The summed E-state index contributed by atoms with van der Waals surface area (Å²) in [4.78, 5) is 0. The molecule has 0 aromatic carbocycles. The minimum absolute atomic E-state index is 0.257. The van der Waals surface area contributed by atoms with Gasteiger partial charge in [0.2, 0.25) is 0 Å². The quantitative estimate of drug-likeness (QED) is 0.570. The monoisotopic (exact) mass is 176 g/mol. The van der Waals surface area contributed by atoms with Crippen molar-refractivity contribution in [3.63, 3.8) is 0 Å². The number of hydrogen-bond acceptors (Lipinski definition) is 3. The Hall–Kier alpha value is -0.945. The lowest BCUT2D eigenvalue weighted by molar-refractivity contribution is 0.141. The third kappa shape index (κ3) is 1.46. The zero-order valence-electron chi connectivity index (χ0n) is 6.28. The summed E-state index contributed by atoms with van der Waals surface area (Å²) in [5.74, 6) is 0. The first-order chi connectivity index (χ1) is 5.54. The number of hydrogen-bond donors (Lipinski definition) is 2. The number of nitrogens with zero attached hydrogens (tertiary/aromatic N) is 2. The number of aryl methyl sites for hydroxylation is 1. The molecule has 1 heterocycles. The van der Waals surface area contributed by atoms with Crippen LogP contribution in [0.1, 0.15) is 12.1 Å². The second kappa shape index (κ2) is 3.20. The van der Waals surface area contributed by atoms with E-state index < -0.39 is 19.2 Å². The van der Waals surface area contributed by atoms with Crippen LogP contribution in [0, 0.1) is 0 Å². The van der Waals surface area contributed by atoms with E-state index in [0.29, 0.717) is 0 Å². The van der Waals surface area contributed by atoms with Gasteiger partial charge in [-0.15, -0.1) is 0 Å². The standard InChI is InChI=1S/C5H7BF2N2O2/c1-10-4(5(7)8)3(2-9-10)6(11)12/h2,5,11-12H,1H3. The first kappa shape index (κ1) is 9.15. The molecule has 1 rings (SSSR count). The van der Waals surface area contributed by atoms with Crippen molar-refractivity contribution in [1.82, 2.24) is 9.78 Å². The third-order valence-corrected chi connectivity index (χ3v) is 1.50. The SMILES string of the molecule is Cn1ncc(B(O)O)c1C(F)F. The van der Waals surface area contributed by atoms with Crippen LogP contribution >= 0.6 is 0 Å². The van der Waals surface area contributed by atoms with Crippen molar-refractivity contribution < 1.29 is 18.8 Å². The van der Waals surface area contributed by atoms with Crippen LogP contribution in [0.3, 0.4) is 0 Å². The van der Waals surface area contributed by atoms with Crippen LogP contribution in [0.5, 0.6) is 0 Å². The van der Waals surface area contributed by atoms with E-state index >= 15 is 0 Å². The topological polar surface area (TPSA) is 58.3 Å². The van der Waals surface area contributed by atoms with Gasteiger partial charge in [0, 0.05) is 18.7 Å². The lowest BCUT2D eigenvalue weighted by Crippen LogP contribution is -2.32. The Bertz CT molecular complexity index is 276. The van der Waals surface area contributed by atoms with Crippen molar-refractivity contribution in [3.8, 4) is 0 Å². The van der Waals surface area contributed by atoms with Crippen LogP contribution in [0.25, 0.3) is 0 Å². The van der Waals surface area contributed by atoms with Crippen molar-refractivity contribution in [2.75, 3.05) is 0 Å². The summed E-state index contributed by atoms with van der Waals surface area (Å²) in [7, 11) is -0.587. The normalized spacial score (nSPS) is 10.8. The predicted molar refractivity (Wildman–Crippen MR) is 38.0 cm³/mol. The Kier molecular flexibility index (Phi) is 2.44. The van der Waals surface area contributed by atoms with Crippen LogP contribution in [0.4, 0.5) is 8.78 Å². The van der Waals surface area contributed by atoms with Crippen molar-refractivity contribution in [2.45, 2.75) is 6.43 Å². The van der Waals surface area contributed by atoms with E-state index in [1.165, 1.54) is 7.05 Å². The van der Waals surface area contributed by atoms with E-state index in [1.807, 2.05) is 0 Å². The summed E-state index contributed by atoms with van der Waals surface area (Å²) in [5.41, 5.74) is -0.725. The van der Waals surface area contributed by atoms with E-state index in [1.54, 1.807) is 0 Å². The van der Waals surface area contributed by atoms with Crippen molar-refractivity contribution in [2.24, 2.45) is 7.05 Å². The van der Waals surface area contributed by atoms with Gasteiger partial charge in [0.05, 0.1) is 0 Å². The summed E-state index contributed by atoms with van der Waals surface area (Å²) in [6, 6.07) is 0. The van der Waals surface area contributed by atoms with Crippen molar-refractivity contribution in [1.29, 1.82) is 0 Å². The van der Waals surface area contributed by atoms with Gasteiger partial charge in [-0.25, -0.2) is 8.78 Å². The molecule has 0 saturated heterocycles. The van der Waals surface area contributed by atoms with Gasteiger partial charge in [-0.3, -0.25) is 4.68 Å². The minimum Gasteiger partial charge on any atom is -0.423 e. The number of halogens is 2. The maximum absolute atomic E-state index is 12.2. The molecule has 0 saturated carbocycles. The van der Waals surface area contributed by atoms with E-state index in [9.17, 15) is 8.78 Å². The minimum atomic E-state index is -2.76. The number of aromatic nitrogens is 2. The maximum atomic E-state index is 12.2. The second-order valence-electron chi connectivity index (χ2n) is 2.28. The molecular formula is C5H7BF2N2O2. The fourth-order valence-corrected chi connectivity index (χ4v) is 0.930. The predicted octanol–water partition coefficient (Wildman–Crippen LogP) is -0.963. The van der Waals surface area contributed by atoms with Gasteiger partial charge >= 0.3 is 7.12 Å². The average molecular weight is 176 g/mol.